The largest absolute Gasteiger partial charge is 0.328 e. The predicted octanol–water partition coefficient (Wildman–Crippen LogP) is 2.67. The maximum Gasteiger partial charge on any atom is 0.00388 e. The first-order valence-electron chi connectivity index (χ1n) is 6.27. The first-order valence-corrected chi connectivity index (χ1v) is 6.27. The van der Waals surface area contributed by atoms with Crippen LogP contribution in [0.4, 0.5) is 0 Å². The maximum atomic E-state index is 5.63. The van der Waals surface area contributed by atoms with Gasteiger partial charge in [0.15, 0.2) is 0 Å². The summed E-state index contributed by atoms with van der Waals surface area (Å²) >= 11 is 0. The third kappa shape index (κ3) is 10.0. The highest BCUT2D eigenvalue weighted by molar-refractivity contribution is 4.66. The Morgan fingerprint density at radius 3 is 1.79 bits per heavy atom. The van der Waals surface area contributed by atoms with E-state index in [2.05, 4.69) is 19.2 Å². The van der Waals surface area contributed by atoms with E-state index in [4.69, 9.17) is 5.73 Å². The van der Waals surface area contributed by atoms with E-state index < -0.39 is 0 Å². The fourth-order valence-electron chi connectivity index (χ4n) is 1.61. The van der Waals surface area contributed by atoms with Gasteiger partial charge in [0.1, 0.15) is 0 Å². The van der Waals surface area contributed by atoms with Crippen molar-refractivity contribution >= 4 is 0 Å². The molecule has 3 N–H and O–H groups in total. The molecule has 0 saturated heterocycles. The molecule has 0 radical (unpaired) electrons. The molecule has 0 aromatic heterocycles. The van der Waals surface area contributed by atoms with E-state index in [1.54, 1.807) is 0 Å². The van der Waals surface area contributed by atoms with Gasteiger partial charge in [-0.2, -0.15) is 0 Å². The lowest BCUT2D eigenvalue weighted by molar-refractivity contribution is 0.441. The van der Waals surface area contributed by atoms with Crippen molar-refractivity contribution in [3.8, 4) is 0 Å². The second-order valence-corrected chi connectivity index (χ2v) is 4.15. The molecule has 1 fully saturated rings. The van der Waals surface area contributed by atoms with E-state index in [-0.39, 0.29) is 0 Å². The fraction of sp³-hybridized carbons (Fsp3) is 1.00. The number of hydrogen-bond donors (Lipinski definition) is 2. The van der Waals surface area contributed by atoms with Crippen LogP contribution in [0.25, 0.3) is 0 Å². The summed E-state index contributed by atoms with van der Waals surface area (Å²) in [6, 6.07) is 0.536. The maximum absolute atomic E-state index is 5.63. The molecule has 0 aromatic carbocycles. The second kappa shape index (κ2) is 11.0. The highest BCUT2D eigenvalue weighted by Gasteiger charge is 2.06. The molecule has 0 bridgehead atoms. The van der Waals surface area contributed by atoms with E-state index in [1.807, 2.05) is 0 Å². The number of nitrogens with two attached hydrogens (primary N) is 1. The molecule has 1 aliphatic rings. The van der Waals surface area contributed by atoms with Crippen molar-refractivity contribution in [3.05, 3.63) is 0 Å². The molecular formula is C12H28N2. The smallest absolute Gasteiger partial charge is 0.00388 e. The molecule has 1 saturated carbocycles. The lowest BCUT2D eigenvalue weighted by Crippen LogP contribution is -2.22. The average Bonchev–Trinajstić information content (AvgIpc) is 2.21. The van der Waals surface area contributed by atoms with Crippen LogP contribution in [0.1, 0.15) is 58.8 Å². The second-order valence-electron chi connectivity index (χ2n) is 4.15. The van der Waals surface area contributed by atoms with Crippen LogP contribution >= 0.6 is 0 Å². The summed E-state index contributed by atoms with van der Waals surface area (Å²) in [5, 5.41) is 3.28. The van der Waals surface area contributed by atoms with Crippen molar-refractivity contribution in [1.82, 2.24) is 5.32 Å². The van der Waals surface area contributed by atoms with Crippen LogP contribution in [0, 0.1) is 0 Å². The Labute approximate surface area is 89.6 Å². The van der Waals surface area contributed by atoms with Crippen LogP contribution in [0.5, 0.6) is 0 Å². The van der Waals surface area contributed by atoms with Gasteiger partial charge in [-0.3, -0.25) is 0 Å². The molecule has 14 heavy (non-hydrogen) atoms. The van der Waals surface area contributed by atoms with Gasteiger partial charge in [0.2, 0.25) is 0 Å². The van der Waals surface area contributed by atoms with Gasteiger partial charge in [0.05, 0.1) is 0 Å². The minimum atomic E-state index is 0.536. The molecule has 0 aliphatic heterocycles. The standard InChI is InChI=1S/C6H13N.C6H15N/c7-6-4-2-1-3-5-6;1-3-5-7-6-4-2/h6H,1-5,7H2;7H,3-6H2,1-2H3. The van der Waals surface area contributed by atoms with E-state index in [0.717, 1.165) is 0 Å². The zero-order valence-corrected chi connectivity index (χ0v) is 10.0. The van der Waals surface area contributed by atoms with Crippen molar-refractivity contribution < 1.29 is 0 Å². The Kier molecular flexibility index (Phi) is 10.9. The molecule has 0 amide bonds. The first kappa shape index (κ1) is 13.9. The average molecular weight is 200 g/mol. The highest BCUT2D eigenvalue weighted by Crippen LogP contribution is 2.14. The summed E-state index contributed by atoms with van der Waals surface area (Å²) < 4.78 is 0. The predicted molar refractivity (Wildman–Crippen MR) is 64.5 cm³/mol. The van der Waals surface area contributed by atoms with E-state index in [0.29, 0.717) is 6.04 Å². The van der Waals surface area contributed by atoms with Gasteiger partial charge >= 0.3 is 0 Å². The number of rotatable bonds is 4. The molecule has 2 nitrogen and oxygen atoms in total. The van der Waals surface area contributed by atoms with Crippen LogP contribution in [0.3, 0.4) is 0 Å². The van der Waals surface area contributed by atoms with E-state index in [9.17, 15) is 0 Å². The molecule has 0 aromatic rings. The summed E-state index contributed by atoms with van der Waals surface area (Å²) in [5.41, 5.74) is 5.63. The van der Waals surface area contributed by atoms with Crippen LogP contribution in [0.2, 0.25) is 0 Å². The lowest BCUT2D eigenvalue weighted by atomic mass is 9.97. The third-order valence-corrected chi connectivity index (χ3v) is 2.50. The first-order chi connectivity index (χ1) is 6.81. The van der Waals surface area contributed by atoms with Gasteiger partial charge in [-0.1, -0.05) is 33.1 Å². The van der Waals surface area contributed by atoms with Crippen LogP contribution < -0.4 is 11.1 Å². The third-order valence-electron chi connectivity index (χ3n) is 2.50. The molecule has 1 rings (SSSR count). The van der Waals surface area contributed by atoms with Gasteiger partial charge in [-0.05, 0) is 38.8 Å². The van der Waals surface area contributed by atoms with Gasteiger partial charge in [0, 0.05) is 6.04 Å². The Hall–Kier alpha value is -0.0800. The summed E-state index contributed by atoms with van der Waals surface area (Å²) in [5.74, 6) is 0. The van der Waals surface area contributed by atoms with Crippen LogP contribution in [-0.2, 0) is 0 Å². The Morgan fingerprint density at radius 2 is 1.50 bits per heavy atom. The molecule has 1 aliphatic carbocycles. The molecule has 0 atom stereocenters. The molecule has 86 valence electrons. The summed E-state index contributed by atoms with van der Waals surface area (Å²) in [6.45, 7) is 6.72. The number of hydrogen-bond acceptors (Lipinski definition) is 2. The van der Waals surface area contributed by atoms with E-state index in [1.165, 1.54) is 58.0 Å². The van der Waals surface area contributed by atoms with Crippen molar-refractivity contribution in [3.63, 3.8) is 0 Å². The zero-order valence-electron chi connectivity index (χ0n) is 10.0. The Bertz CT molecular complexity index is 94.5. The van der Waals surface area contributed by atoms with Crippen molar-refractivity contribution in [2.75, 3.05) is 13.1 Å². The van der Waals surface area contributed by atoms with Crippen molar-refractivity contribution in [2.45, 2.75) is 64.8 Å². The zero-order chi connectivity index (χ0) is 10.6. The topological polar surface area (TPSA) is 38.0 Å². The SMILES string of the molecule is CCCNCCC.NC1CCCCC1. The van der Waals surface area contributed by atoms with Crippen molar-refractivity contribution in [2.24, 2.45) is 5.73 Å². The lowest BCUT2D eigenvalue weighted by Gasteiger charge is -2.15. The van der Waals surface area contributed by atoms with Crippen LogP contribution in [-0.4, -0.2) is 19.1 Å². The summed E-state index contributed by atoms with van der Waals surface area (Å²) in [6.07, 6.45) is 9.16. The molecule has 0 spiro atoms. The Balaban J connectivity index is 0.000000241. The summed E-state index contributed by atoms with van der Waals surface area (Å²) in [7, 11) is 0. The summed E-state index contributed by atoms with van der Waals surface area (Å²) in [4.78, 5) is 0. The fourth-order valence-corrected chi connectivity index (χ4v) is 1.61. The normalized spacial score (nSPS) is 17.4. The molecule has 0 unspecified atom stereocenters. The van der Waals surface area contributed by atoms with Gasteiger partial charge in [0.25, 0.3) is 0 Å². The molecule has 2 heteroatoms. The van der Waals surface area contributed by atoms with E-state index >= 15 is 0 Å². The van der Waals surface area contributed by atoms with Crippen LogP contribution in [0.15, 0.2) is 0 Å². The highest BCUT2D eigenvalue weighted by atomic mass is 14.8. The monoisotopic (exact) mass is 200 g/mol. The minimum absolute atomic E-state index is 0.536. The quantitative estimate of drug-likeness (QED) is 0.685. The van der Waals surface area contributed by atoms with Crippen molar-refractivity contribution in [1.29, 1.82) is 0 Å². The molecular weight excluding hydrogens is 172 g/mol. The minimum Gasteiger partial charge on any atom is -0.328 e. The van der Waals surface area contributed by atoms with Gasteiger partial charge < -0.3 is 11.1 Å². The Morgan fingerprint density at radius 1 is 1.00 bits per heavy atom. The molecule has 0 heterocycles. The van der Waals surface area contributed by atoms with Gasteiger partial charge in [-0.15, -0.1) is 0 Å². The van der Waals surface area contributed by atoms with Gasteiger partial charge in [-0.25, -0.2) is 0 Å². The number of nitrogens with one attached hydrogen (secondary N) is 1.